The smallest absolute Gasteiger partial charge is 0.258 e. The number of halogens is 2. The van der Waals surface area contributed by atoms with E-state index in [0.717, 1.165) is 5.56 Å². The zero-order chi connectivity index (χ0) is 14.7. The number of carbonyl (C=O) groups excluding carboxylic acids is 1. The van der Waals surface area contributed by atoms with E-state index in [2.05, 4.69) is 5.32 Å². The van der Waals surface area contributed by atoms with Crippen LogP contribution in [-0.4, -0.2) is 5.91 Å². The predicted octanol–water partition coefficient (Wildman–Crippen LogP) is 2.98. The van der Waals surface area contributed by atoms with Gasteiger partial charge in [0.25, 0.3) is 5.91 Å². The molecule has 0 aliphatic carbocycles. The summed E-state index contributed by atoms with van der Waals surface area (Å²) >= 11 is 0. The van der Waals surface area contributed by atoms with Crippen molar-refractivity contribution in [3.63, 3.8) is 0 Å². The van der Waals surface area contributed by atoms with E-state index in [1.165, 1.54) is 13.0 Å². The van der Waals surface area contributed by atoms with Gasteiger partial charge in [-0.15, -0.1) is 0 Å². The van der Waals surface area contributed by atoms with Crippen LogP contribution in [0.25, 0.3) is 0 Å². The quantitative estimate of drug-likeness (QED) is 0.905. The molecule has 20 heavy (non-hydrogen) atoms. The van der Waals surface area contributed by atoms with Crippen LogP contribution in [-0.2, 0) is 6.54 Å². The molecule has 0 bridgehead atoms. The molecule has 104 valence electrons. The minimum atomic E-state index is -0.885. The molecule has 2 rings (SSSR count). The number of carbonyl (C=O) groups is 1. The summed E-state index contributed by atoms with van der Waals surface area (Å²) in [5, 5.41) is 2.55. The summed E-state index contributed by atoms with van der Waals surface area (Å²) < 4.78 is 26.7. The first-order valence-electron chi connectivity index (χ1n) is 6.07. The van der Waals surface area contributed by atoms with E-state index in [1.54, 1.807) is 24.3 Å². The molecule has 0 saturated carbocycles. The van der Waals surface area contributed by atoms with Crippen molar-refractivity contribution in [3.05, 3.63) is 64.7 Å². The molecule has 3 N–H and O–H groups in total. The van der Waals surface area contributed by atoms with Crippen LogP contribution in [0.1, 0.15) is 21.5 Å². The highest BCUT2D eigenvalue weighted by atomic mass is 19.1. The Labute approximate surface area is 115 Å². The summed E-state index contributed by atoms with van der Waals surface area (Å²) in [7, 11) is 0. The lowest BCUT2D eigenvalue weighted by molar-refractivity contribution is 0.102. The Morgan fingerprint density at radius 2 is 1.80 bits per heavy atom. The topological polar surface area (TPSA) is 55.1 Å². The third-order valence-corrected chi connectivity index (χ3v) is 2.94. The lowest BCUT2D eigenvalue weighted by Crippen LogP contribution is -2.14. The van der Waals surface area contributed by atoms with E-state index in [0.29, 0.717) is 18.3 Å². The normalized spacial score (nSPS) is 10.4. The highest BCUT2D eigenvalue weighted by molar-refractivity contribution is 6.04. The molecular formula is C15H14F2N2O. The minimum Gasteiger partial charge on any atom is -0.326 e. The van der Waals surface area contributed by atoms with Crippen LogP contribution in [0.5, 0.6) is 0 Å². The molecule has 0 unspecified atom stereocenters. The lowest BCUT2D eigenvalue weighted by Gasteiger charge is -2.08. The van der Waals surface area contributed by atoms with E-state index >= 15 is 0 Å². The molecule has 3 nitrogen and oxygen atoms in total. The van der Waals surface area contributed by atoms with E-state index < -0.39 is 17.5 Å². The summed E-state index contributed by atoms with van der Waals surface area (Å²) in [5.74, 6) is -2.18. The monoisotopic (exact) mass is 276 g/mol. The van der Waals surface area contributed by atoms with Gasteiger partial charge in [0.2, 0.25) is 0 Å². The maximum atomic E-state index is 13.6. The van der Waals surface area contributed by atoms with Crippen molar-refractivity contribution in [1.29, 1.82) is 0 Å². The van der Waals surface area contributed by atoms with Crippen molar-refractivity contribution in [2.45, 2.75) is 13.5 Å². The molecule has 0 aliphatic rings. The third-order valence-electron chi connectivity index (χ3n) is 2.94. The van der Waals surface area contributed by atoms with E-state index in [4.69, 9.17) is 5.73 Å². The van der Waals surface area contributed by atoms with Crippen molar-refractivity contribution in [1.82, 2.24) is 0 Å². The van der Waals surface area contributed by atoms with Gasteiger partial charge in [-0.05, 0) is 36.2 Å². The maximum Gasteiger partial charge on any atom is 0.258 e. The Kier molecular flexibility index (Phi) is 4.10. The van der Waals surface area contributed by atoms with Gasteiger partial charge in [-0.2, -0.15) is 0 Å². The molecule has 0 fully saturated rings. The SMILES string of the molecule is Cc1cc(C(=O)Nc2ccc(CN)cc2)c(F)cc1F. The molecule has 0 radical (unpaired) electrons. The van der Waals surface area contributed by atoms with Crippen LogP contribution in [0.4, 0.5) is 14.5 Å². The number of hydrogen-bond donors (Lipinski definition) is 2. The van der Waals surface area contributed by atoms with Crippen molar-refractivity contribution in [3.8, 4) is 0 Å². The average Bonchev–Trinajstić information content (AvgIpc) is 2.43. The first kappa shape index (κ1) is 14.1. The molecular weight excluding hydrogens is 262 g/mol. The second-order valence-electron chi connectivity index (χ2n) is 4.44. The molecule has 5 heteroatoms. The van der Waals surface area contributed by atoms with Crippen LogP contribution in [0, 0.1) is 18.6 Å². The zero-order valence-corrected chi connectivity index (χ0v) is 10.9. The number of aryl methyl sites for hydroxylation is 1. The van der Waals surface area contributed by atoms with Crippen LogP contribution < -0.4 is 11.1 Å². The minimum absolute atomic E-state index is 0.188. The van der Waals surface area contributed by atoms with Crippen LogP contribution >= 0.6 is 0 Å². The Morgan fingerprint density at radius 3 is 2.40 bits per heavy atom. The average molecular weight is 276 g/mol. The van der Waals surface area contributed by atoms with Gasteiger partial charge in [0, 0.05) is 18.3 Å². The van der Waals surface area contributed by atoms with Gasteiger partial charge in [0.15, 0.2) is 0 Å². The number of benzene rings is 2. The second-order valence-corrected chi connectivity index (χ2v) is 4.44. The number of nitrogens with two attached hydrogens (primary N) is 1. The van der Waals surface area contributed by atoms with E-state index in [9.17, 15) is 13.6 Å². The zero-order valence-electron chi connectivity index (χ0n) is 10.9. The highest BCUT2D eigenvalue weighted by Gasteiger charge is 2.14. The molecule has 0 spiro atoms. The van der Waals surface area contributed by atoms with Crippen LogP contribution in [0.2, 0.25) is 0 Å². The fourth-order valence-electron chi connectivity index (χ4n) is 1.75. The molecule has 0 atom stereocenters. The number of nitrogens with one attached hydrogen (secondary N) is 1. The molecule has 2 aromatic rings. The molecule has 0 aromatic heterocycles. The summed E-state index contributed by atoms with van der Waals surface area (Å²) in [5.41, 5.74) is 6.94. The lowest BCUT2D eigenvalue weighted by atomic mass is 10.1. The van der Waals surface area contributed by atoms with Gasteiger partial charge in [0.05, 0.1) is 5.56 Å². The number of amides is 1. The van der Waals surface area contributed by atoms with Crippen molar-refractivity contribution >= 4 is 11.6 Å². The van der Waals surface area contributed by atoms with Crippen LogP contribution in [0.3, 0.4) is 0 Å². The first-order valence-corrected chi connectivity index (χ1v) is 6.07. The van der Waals surface area contributed by atoms with Crippen molar-refractivity contribution < 1.29 is 13.6 Å². The molecule has 2 aromatic carbocycles. The standard InChI is InChI=1S/C15H14F2N2O/c1-9-6-12(14(17)7-13(9)16)15(20)19-11-4-2-10(8-18)3-5-11/h2-7H,8,18H2,1H3,(H,19,20). The Hall–Kier alpha value is -2.27. The Morgan fingerprint density at radius 1 is 1.15 bits per heavy atom. The predicted molar refractivity (Wildman–Crippen MR) is 73.4 cm³/mol. The van der Waals surface area contributed by atoms with Gasteiger partial charge in [-0.3, -0.25) is 4.79 Å². The molecule has 0 saturated heterocycles. The second kappa shape index (κ2) is 5.79. The molecule has 0 heterocycles. The van der Waals surface area contributed by atoms with Gasteiger partial charge < -0.3 is 11.1 Å². The number of hydrogen-bond acceptors (Lipinski definition) is 2. The van der Waals surface area contributed by atoms with Crippen LogP contribution in [0.15, 0.2) is 36.4 Å². The molecule has 1 amide bonds. The third kappa shape index (κ3) is 3.00. The van der Waals surface area contributed by atoms with E-state index in [-0.39, 0.29) is 11.1 Å². The Balaban J connectivity index is 2.21. The van der Waals surface area contributed by atoms with Crippen molar-refractivity contribution in [2.75, 3.05) is 5.32 Å². The fraction of sp³-hybridized carbons (Fsp3) is 0.133. The van der Waals surface area contributed by atoms with Gasteiger partial charge in [0.1, 0.15) is 11.6 Å². The molecule has 0 aliphatic heterocycles. The Bertz CT molecular complexity index is 639. The summed E-state index contributed by atoms with van der Waals surface area (Å²) in [4.78, 5) is 12.0. The van der Waals surface area contributed by atoms with Gasteiger partial charge >= 0.3 is 0 Å². The van der Waals surface area contributed by atoms with Gasteiger partial charge in [-0.25, -0.2) is 8.78 Å². The first-order chi connectivity index (χ1) is 9.51. The van der Waals surface area contributed by atoms with E-state index in [1.807, 2.05) is 0 Å². The number of anilines is 1. The van der Waals surface area contributed by atoms with Crippen molar-refractivity contribution in [2.24, 2.45) is 5.73 Å². The van der Waals surface area contributed by atoms with Gasteiger partial charge in [-0.1, -0.05) is 12.1 Å². The summed E-state index contributed by atoms with van der Waals surface area (Å²) in [6.07, 6.45) is 0. The maximum absolute atomic E-state index is 13.6. The number of rotatable bonds is 3. The fourth-order valence-corrected chi connectivity index (χ4v) is 1.75. The summed E-state index contributed by atoms with van der Waals surface area (Å²) in [6.45, 7) is 1.88. The highest BCUT2D eigenvalue weighted by Crippen LogP contribution is 2.16. The largest absolute Gasteiger partial charge is 0.326 e. The summed E-state index contributed by atoms with van der Waals surface area (Å²) in [6, 6.07) is 8.78.